The van der Waals surface area contributed by atoms with E-state index in [9.17, 15) is 4.79 Å². The molecule has 88 valence electrons. The van der Waals surface area contributed by atoms with Crippen molar-refractivity contribution in [2.24, 2.45) is 5.84 Å². The van der Waals surface area contributed by atoms with E-state index in [-0.39, 0.29) is 6.03 Å². The van der Waals surface area contributed by atoms with Crippen molar-refractivity contribution in [1.82, 2.24) is 5.43 Å². The molecular weight excluding hydrogens is 206 g/mol. The second kappa shape index (κ2) is 4.85. The number of nitrogens with one attached hydrogen (secondary N) is 1. The first-order valence-electron chi connectivity index (χ1n) is 4.90. The number of urea groups is 1. The van der Waals surface area contributed by atoms with E-state index < -0.39 is 0 Å². The number of amides is 2. The number of methoxy groups -OCH3 is 1. The Morgan fingerprint density at radius 2 is 2.06 bits per heavy atom. The predicted molar refractivity (Wildman–Crippen MR) is 63.6 cm³/mol. The van der Waals surface area contributed by atoms with Gasteiger partial charge in [-0.15, -0.1) is 0 Å². The molecule has 5 nitrogen and oxygen atoms in total. The van der Waals surface area contributed by atoms with Crippen LogP contribution in [0.4, 0.5) is 10.5 Å². The Kier molecular flexibility index (Phi) is 3.73. The van der Waals surface area contributed by atoms with Gasteiger partial charge in [0.2, 0.25) is 0 Å². The summed E-state index contributed by atoms with van der Waals surface area (Å²) in [7, 11) is 3.22. The van der Waals surface area contributed by atoms with E-state index in [1.54, 1.807) is 14.2 Å². The number of hydrogen-bond donors (Lipinski definition) is 2. The SMILES string of the molecule is COc1cc(C)cc(C)c1N(C)C(=O)NN. The van der Waals surface area contributed by atoms with E-state index in [1.165, 1.54) is 4.90 Å². The van der Waals surface area contributed by atoms with Crippen LogP contribution in [0, 0.1) is 13.8 Å². The number of carbonyl (C=O) groups is 1. The van der Waals surface area contributed by atoms with E-state index in [2.05, 4.69) is 5.43 Å². The summed E-state index contributed by atoms with van der Waals surface area (Å²) < 4.78 is 5.26. The van der Waals surface area contributed by atoms with Crippen LogP contribution in [0.3, 0.4) is 0 Å². The molecule has 0 atom stereocenters. The number of benzene rings is 1. The number of ether oxygens (including phenoxy) is 1. The van der Waals surface area contributed by atoms with Gasteiger partial charge in [0, 0.05) is 7.05 Å². The minimum absolute atomic E-state index is 0.384. The highest BCUT2D eigenvalue weighted by Gasteiger charge is 2.16. The lowest BCUT2D eigenvalue weighted by atomic mass is 10.1. The van der Waals surface area contributed by atoms with Crippen molar-refractivity contribution in [3.8, 4) is 5.75 Å². The zero-order valence-corrected chi connectivity index (χ0v) is 10.00. The van der Waals surface area contributed by atoms with Crippen LogP contribution in [0.2, 0.25) is 0 Å². The molecule has 0 aliphatic rings. The molecule has 0 fully saturated rings. The fourth-order valence-corrected chi connectivity index (χ4v) is 1.70. The highest BCUT2D eigenvalue weighted by atomic mass is 16.5. The van der Waals surface area contributed by atoms with Gasteiger partial charge in [-0.05, 0) is 31.0 Å². The third-order valence-electron chi connectivity index (χ3n) is 2.39. The largest absolute Gasteiger partial charge is 0.495 e. The molecule has 0 radical (unpaired) electrons. The Morgan fingerprint density at radius 1 is 1.44 bits per heavy atom. The van der Waals surface area contributed by atoms with Crippen LogP contribution in [0.5, 0.6) is 5.75 Å². The first-order chi connectivity index (χ1) is 7.51. The smallest absolute Gasteiger partial charge is 0.335 e. The van der Waals surface area contributed by atoms with Crippen molar-refractivity contribution in [1.29, 1.82) is 0 Å². The third kappa shape index (κ3) is 2.25. The summed E-state index contributed by atoms with van der Waals surface area (Å²) in [4.78, 5) is 12.9. The minimum atomic E-state index is -0.384. The van der Waals surface area contributed by atoms with Crippen LogP contribution in [-0.4, -0.2) is 20.2 Å². The number of hydrogen-bond acceptors (Lipinski definition) is 3. The number of nitrogens with two attached hydrogens (primary N) is 1. The van der Waals surface area contributed by atoms with Crippen molar-refractivity contribution in [2.75, 3.05) is 19.1 Å². The molecule has 2 amide bonds. The van der Waals surface area contributed by atoms with E-state index in [1.807, 2.05) is 26.0 Å². The van der Waals surface area contributed by atoms with Gasteiger partial charge in [0.25, 0.3) is 0 Å². The Balaban J connectivity index is 3.26. The van der Waals surface area contributed by atoms with Gasteiger partial charge in [-0.1, -0.05) is 6.07 Å². The molecule has 0 spiro atoms. The lowest BCUT2D eigenvalue weighted by molar-refractivity contribution is 0.247. The molecule has 0 unspecified atom stereocenters. The van der Waals surface area contributed by atoms with Crippen molar-refractivity contribution in [2.45, 2.75) is 13.8 Å². The number of anilines is 1. The summed E-state index contributed by atoms with van der Waals surface area (Å²) in [5.74, 6) is 5.76. The van der Waals surface area contributed by atoms with Crippen LogP contribution >= 0.6 is 0 Å². The topological polar surface area (TPSA) is 67.6 Å². The zero-order valence-electron chi connectivity index (χ0n) is 10.00. The molecule has 0 aromatic heterocycles. The summed E-state index contributed by atoms with van der Waals surface area (Å²) in [6, 6.07) is 3.48. The van der Waals surface area contributed by atoms with Crippen molar-refractivity contribution in [3.63, 3.8) is 0 Å². The molecule has 3 N–H and O–H groups in total. The fourth-order valence-electron chi connectivity index (χ4n) is 1.70. The van der Waals surface area contributed by atoms with E-state index in [0.29, 0.717) is 5.75 Å². The van der Waals surface area contributed by atoms with Gasteiger partial charge >= 0.3 is 6.03 Å². The number of carbonyl (C=O) groups excluding carboxylic acids is 1. The summed E-state index contributed by atoms with van der Waals surface area (Å²) in [5, 5.41) is 0. The Labute approximate surface area is 95.2 Å². The maximum absolute atomic E-state index is 11.5. The van der Waals surface area contributed by atoms with Crippen LogP contribution in [0.1, 0.15) is 11.1 Å². The number of rotatable bonds is 2. The maximum atomic E-state index is 11.5. The number of aryl methyl sites for hydroxylation is 2. The molecule has 1 aromatic carbocycles. The molecule has 0 aliphatic carbocycles. The van der Waals surface area contributed by atoms with Gasteiger partial charge in [-0.25, -0.2) is 10.6 Å². The van der Waals surface area contributed by atoms with Gasteiger partial charge in [-0.3, -0.25) is 10.3 Å². The lowest BCUT2D eigenvalue weighted by Crippen LogP contribution is -2.41. The van der Waals surface area contributed by atoms with Crippen molar-refractivity contribution < 1.29 is 9.53 Å². The molecular formula is C11H17N3O2. The van der Waals surface area contributed by atoms with Crippen LogP contribution in [-0.2, 0) is 0 Å². The van der Waals surface area contributed by atoms with Crippen LogP contribution < -0.4 is 20.9 Å². The second-order valence-electron chi connectivity index (χ2n) is 3.64. The van der Waals surface area contributed by atoms with E-state index in [4.69, 9.17) is 10.6 Å². The highest BCUT2D eigenvalue weighted by molar-refractivity contribution is 5.93. The minimum Gasteiger partial charge on any atom is -0.495 e. The fraction of sp³-hybridized carbons (Fsp3) is 0.364. The van der Waals surface area contributed by atoms with Crippen LogP contribution in [0.15, 0.2) is 12.1 Å². The molecule has 1 rings (SSSR count). The summed E-state index contributed by atoms with van der Waals surface area (Å²) in [6.07, 6.45) is 0. The number of nitrogens with zero attached hydrogens (tertiary/aromatic N) is 1. The summed E-state index contributed by atoms with van der Waals surface area (Å²) >= 11 is 0. The quantitative estimate of drug-likeness (QED) is 0.451. The molecule has 16 heavy (non-hydrogen) atoms. The Bertz CT molecular complexity index is 404. The van der Waals surface area contributed by atoms with E-state index in [0.717, 1.165) is 16.8 Å². The molecule has 5 heteroatoms. The second-order valence-corrected chi connectivity index (χ2v) is 3.64. The normalized spacial score (nSPS) is 9.81. The molecule has 0 bridgehead atoms. The lowest BCUT2D eigenvalue weighted by Gasteiger charge is -2.22. The molecule has 1 aromatic rings. The van der Waals surface area contributed by atoms with Crippen LogP contribution in [0.25, 0.3) is 0 Å². The average Bonchev–Trinajstić information content (AvgIpc) is 2.26. The average molecular weight is 223 g/mol. The van der Waals surface area contributed by atoms with Gasteiger partial charge < -0.3 is 4.74 Å². The standard InChI is InChI=1S/C11H17N3O2/c1-7-5-8(2)10(9(6-7)16-4)14(3)11(15)13-12/h5-6H,12H2,1-4H3,(H,13,15). The van der Waals surface area contributed by atoms with E-state index >= 15 is 0 Å². The highest BCUT2D eigenvalue weighted by Crippen LogP contribution is 2.32. The Morgan fingerprint density at radius 3 is 2.56 bits per heavy atom. The summed E-state index contributed by atoms with van der Waals surface area (Å²) in [6.45, 7) is 3.90. The van der Waals surface area contributed by atoms with Gasteiger partial charge in [-0.2, -0.15) is 0 Å². The predicted octanol–water partition coefficient (Wildman–Crippen LogP) is 1.33. The first-order valence-corrected chi connectivity index (χ1v) is 4.90. The van der Waals surface area contributed by atoms with Gasteiger partial charge in [0.1, 0.15) is 5.75 Å². The number of hydrazine groups is 1. The van der Waals surface area contributed by atoms with Crippen molar-refractivity contribution in [3.05, 3.63) is 23.3 Å². The third-order valence-corrected chi connectivity index (χ3v) is 2.39. The van der Waals surface area contributed by atoms with Crippen molar-refractivity contribution >= 4 is 11.7 Å². The van der Waals surface area contributed by atoms with Gasteiger partial charge in [0.15, 0.2) is 0 Å². The molecule has 0 aliphatic heterocycles. The molecule has 0 saturated carbocycles. The first kappa shape index (κ1) is 12.3. The molecule has 0 saturated heterocycles. The maximum Gasteiger partial charge on any atom is 0.335 e. The Hall–Kier alpha value is -1.75. The summed E-state index contributed by atoms with van der Waals surface area (Å²) in [5.41, 5.74) is 4.85. The molecule has 0 heterocycles. The zero-order chi connectivity index (χ0) is 12.3. The monoisotopic (exact) mass is 223 g/mol. The van der Waals surface area contributed by atoms with Gasteiger partial charge in [0.05, 0.1) is 12.8 Å².